The first kappa shape index (κ1) is 30.9. The number of hydrogen-bond acceptors (Lipinski definition) is 8. The summed E-state index contributed by atoms with van der Waals surface area (Å²) in [7, 11) is 0.0128. The smallest absolute Gasteiger partial charge is 0.275 e. The molecule has 3 N–H and O–H groups in total. The molecule has 4 rings (SSSR count). The van der Waals surface area contributed by atoms with Crippen molar-refractivity contribution >= 4 is 34.2 Å². The lowest BCUT2D eigenvalue weighted by molar-refractivity contribution is -0.116. The lowest BCUT2D eigenvalue weighted by Gasteiger charge is -2.27. The van der Waals surface area contributed by atoms with Crippen LogP contribution in [0.15, 0.2) is 57.7 Å². The predicted molar refractivity (Wildman–Crippen MR) is 166 cm³/mol. The highest BCUT2D eigenvalue weighted by Crippen LogP contribution is 2.32. The van der Waals surface area contributed by atoms with Crippen LogP contribution in [0, 0.1) is 5.41 Å². The molecule has 42 heavy (non-hydrogen) atoms. The second-order valence-electron chi connectivity index (χ2n) is 9.67. The van der Waals surface area contributed by atoms with Crippen LogP contribution in [0.25, 0.3) is 17.5 Å². The summed E-state index contributed by atoms with van der Waals surface area (Å²) in [6.45, 7) is 7.25. The van der Waals surface area contributed by atoms with Gasteiger partial charge in [0.05, 0.1) is 29.4 Å². The van der Waals surface area contributed by atoms with Crippen molar-refractivity contribution in [3.63, 3.8) is 0 Å². The van der Waals surface area contributed by atoms with Crippen LogP contribution >= 0.6 is 0 Å². The Labute approximate surface area is 248 Å². The minimum Gasteiger partial charge on any atom is -0.494 e. The number of ketones is 1. The van der Waals surface area contributed by atoms with Crippen molar-refractivity contribution in [2.24, 2.45) is 0 Å². The highest BCUT2D eigenvalue weighted by Gasteiger charge is 2.27. The van der Waals surface area contributed by atoms with Crippen LogP contribution < -0.4 is 20.3 Å². The zero-order chi connectivity index (χ0) is 30.2. The molecule has 0 amide bonds. The molecule has 0 radical (unpaired) electrons. The summed E-state index contributed by atoms with van der Waals surface area (Å²) in [6, 6.07) is 12.6. The van der Waals surface area contributed by atoms with E-state index in [0.29, 0.717) is 48.0 Å². The Kier molecular flexibility index (Phi) is 10.4. The van der Waals surface area contributed by atoms with E-state index in [-0.39, 0.29) is 41.7 Å². The first-order chi connectivity index (χ1) is 20.3. The Morgan fingerprint density at radius 2 is 1.86 bits per heavy atom. The molecule has 0 saturated carbocycles. The molecule has 2 aromatic carbocycles. The van der Waals surface area contributed by atoms with Crippen LogP contribution in [0.3, 0.4) is 0 Å². The van der Waals surface area contributed by atoms with Crippen molar-refractivity contribution in [3.05, 3.63) is 69.6 Å². The van der Waals surface area contributed by atoms with Crippen molar-refractivity contribution in [2.75, 3.05) is 38.7 Å². The fraction of sp³-hybridized carbons (Fsp3) is 0.355. The number of aromatic amines is 1. The topological polar surface area (TPSA) is 137 Å². The van der Waals surface area contributed by atoms with Gasteiger partial charge in [0, 0.05) is 32.1 Å². The van der Waals surface area contributed by atoms with E-state index in [2.05, 4.69) is 15.3 Å². The minimum absolute atomic E-state index is 0.0259. The molecule has 1 aliphatic heterocycles. The Morgan fingerprint density at radius 3 is 2.52 bits per heavy atom. The number of nitrogens with one attached hydrogen (secondary N) is 3. The number of benzene rings is 2. The molecule has 1 fully saturated rings. The van der Waals surface area contributed by atoms with Gasteiger partial charge in [-0.15, -0.1) is 0 Å². The number of rotatable bonds is 12. The maximum Gasteiger partial charge on any atom is 0.275 e. The van der Waals surface area contributed by atoms with E-state index in [0.717, 1.165) is 17.7 Å². The van der Waals surface area contributed by atoms with E-state index in [1.807, 2.05) is 51.1 Å². The number of anilines is 1. The molecule has 0 bridgehead atoms. The van der Waals surface area contributed by atoms with Crippen molar-refractivity contribution in [1.82, 2.24) is 14.3 Å². The molecule has 11 heteroatoms. The van der Waals surface area contributed by atoms with Crippen LogP contribution in [-0.4, -0.2) is 63.3 Å². The van der Waals surface area contributed by atoms with Crippen molar-refractivity contribution in [2.45, 2.75) is 44.9 Å². The second kappa shape index (κ2) is 14.2. The average Bonchev–Trinajstić information content (AvgIpc) is 2.99. The summed E-state index contributed by atoms with van der Waals surface area (Å²) >= 11 is 0. The van der Waals surface area contributed by atoms with E-state index in [1.165, 1.54) is 0 Å². The lowest BCUT2D eigenvalue weighted by atomic mass is 10.0. The van der Waals surface area contributed by atoms with Crippen molar-refractivity contribution < 1.29 is 18.5 Å². The molecule has 222 valence electrons. The molecule has 0 spiro atoms. The Hall–Kier alpha value is -4.09. The van der Waals surface area contributed by atoms with E-state index in [1.54, 1.807) is 29.6 Å². The number of aromatic nitrogens is 2. The first-order valence-corrected chi connectivity index (χ1v) is 15.2. The Morgan fingerprint density at radius 1 is 1.12 bits per heavy atom. The van der Waals surface area contributed by atoms with Crippen LogP contribution in [0.1, 0.15) is 51.3 Å². The fourth-order valence-electron chi connectivity index (χ4n) is 4.69. The normalized spacial score (nSPS) is 15.4. The van der Waals surface area contributed by atoms with E-state index in [4.69, 9.17) is 14.9 Å². The lowest BCUT2D eigenvalue weighted by Crippen LogP contribution is -2.37. The molecular weight excluding hydrogens is 554 g/mol. The summed E-state index contributed by atoms with van der Waals surface area (Å²) in [5.41, 5.74) is 2.24. The van der Waals surface area contributed by atoms with Crippen molar-refractivity contribution in [1.29, 1.82) is 5.41 Å². The van der Waals surface area contributed by atoms with E-state index >= 15 is 0 Å². The van der Waals surface area contributed by atoms with Gasteiger partial charge in [-0.1, -0.05) is 25.5 Å². The van der Waals surface area contributed by atoms with Crippen LogP contribution in [0.4, 0.5) is 5.69 Å². The molecule has 3 aromatic rings. The summed E-state index contributed by atoms with van der Waals surface area (Å²) in [6.07, 6.45) is 3.28. The van der Waals surface area contributed by atoms with Gasteiger partial charge < -0.3 is 25.2 Å². The zero-order valence-corrected chi connectivity index (χ0v) is 25.2. The van der Waals surface area contributed by atoms with Crippen LogP contribution in [0.2, 0.25) is 0 Å². The van der Waals surface area contributed by atoms with Crippen LogP contribution in [0.5, 0.6) is 11.5 Å². The van der Waals surface area contributed by atoms with Gasteiger partial charge in [0.2, 0.25) is 0 Å². The summed E-state index contributed by atoms with van der Waals surface area (Å²) < 4.78 is 26.9. The molecule has 2 heterocycles. The molecule has 1 aliphatic rings. The number of Topliss-reactive ketones (excluding diaryl/α,β-unsaturated/α-hetero) is 1. The average molecular weight is 592 g/mol. The third kappa shape index (κ3) is 7.03. The van der Waals surface area contributed by atoms with Gasteiger partial charge in [-0.25, -0.2) is 13.5 Å². The molecule has 1 aromatic heterocycles. The number of carbonyl (C=O) groups excluding carboxylic acids is 1. The zero-order valence-electron chi connectivity index (χ0n) is 24.4. The summed E-state index contributed by atoms with van der Waals surface area (Å²) in [5.74, 6) is 1.48. The number of hydrogen-bond donors (Lipinski definition) is 3. The quantitative estimate of drug-likeness (QED) is 0.203. The minimum atomic E-state index is -1.60. The third-order valence-electron chi connectivity index (χ3n) is 6.72. The number of H-pyrrole nitrogens is 1. The van der Waals surface area contributed by atoms with Gasteiger partial charge in [-0.05, 0) is 62.2 Å². The summed E-state index contributed by atoms with van der Waals surface area (Å²) in [4.78, 5) is 33.6. The third-order valence-corrected chi connectivity index (χ3v) is 8.16. The van der Waals surface area contributed by atoms with Gasteiger partial charge in [0.1, 0.15) is 39.7 Å². The van der Waals surface area contributed by atoms with Gasteiger partial charge in [0.25, 0.3) is 5.56 Å². The summed E-state index contributed by atoms with van der Waals surface area (Å²) in [5, 5.41) is 11.3. The molecule has 0 aliphatic carbocycles. The number of piperidine rings is 1. The fourth-order valence-corrected chi connectivity index (χ4v) is 5.91. The molecular formula is C31H37N5O5S. The van der Waals surface area contributed by atoms with Gasteiger partial charge >= 0.3 is 0 Å². The second-order valence-corrected chi connectivity index (χ2v) is 11.2. The van der Waals surface area contributed by atoms with E-state index in [9.17, 15) is 13.8 Å². The maximum atomic E-state index is 13.8. The maximum absolute atomic E-state index is 13.8. The predicted octanol–water partition coefficient (Wildman–Crippen LogP) is 4.82. The van der Waals surface area contributed by atoms with Crippen molar-refractivity contribution in [3.8, 4) is 22.9 Å². The SMILES string of the molecule is CCCC(=N)c1nc(-c2cc(S(=O)N3CCC(=O)/C(=C\c4ccc(OCC)cc4)C3)ccc2OCC)[nH]c(=O)c1NC. The number of carbonyl (C=O) groups is 1. The van der Waals surface area contributed by atoms with Crippen LogP contribution in [-0.2, 0) is 15.8 Å². The molecule has 1 atom stereocenters. The number of ether oxygens (including phenoxy) is 2. The van der Waals surface area contributed by atoms with Gasteiger partial charge in [0.15, 0.2) is 5.78 Å². The highest BCUT2D eigenvalue weighted by atomic mass is 32.2. The largest absolute Gasteiger partial charge is 0.494 e. The molecule has 1 saturated heterocycles. The Balaban J connectivity index is 1.67. The standard InChI is InChI=1S/C31H37N5O5S/c1-5-8-25(32)28-29(33-4)31(38)35-30(34-28)24-18-23(13-14-27(24)41-7-3)42(39)36-16-15-26(37)21(19-36)17-20-9-11-22(12-10-20)40-6-2/h9-14,17-18,32-33H,5-8,15-16,19H2,1-4H3,(H,34,35,38)/b21-17-,32-25?. The molecule has 10 nitrogen and oxygen atoms in total. The van der Waals surface area contributed by atoms with Gasteiger partial charge in [-0.2, -0.15) is 0 Å². The van der Waals surface area contributed by atoms with Gasteiger partial charge in [-0.3, -0.25) is 9.59 Å². The number of nitrogens with zero attached hydrogens (tertiary/aromatic N) is 2. The van der Waals surface area contributed by atoms with E-state index < -0.39 is 16.5 Å². The Bertz CT molecular complexity index is 1560. The first-order valence-electron chi connectivity index (χ1n) is 14.1. The highest BCUT2D eigenvalue weighted by molar-refractivity contribution is 7.82. The monoisotopic (exact) mass is 591 g/mol. The molecule has 1 unspecified atom stereocenters.